The van der Waals surface area contributed by atoms with E-state index in [1.807, 2.05) is 69.3 Å². The van der Waals surface area contributed by atoms with Crippen molar-refractivity contribution >= 4 is 17.5 Å². The summed E-state index contributed by atoms with van der Waals surface area (Å²) >= 11 is 0. The van der Waals surface area contributed by atoms with E-state index in [1.54, 1.807) is 12.1 Å². The molecule has 1 N–H and O–H groups in total. The van der Waals surface area contributed by atoms with E-state index in [9.17, 15) is 14.4 Å². The summed E-state index contributed by atoms with van der Waals surface area (Å²) in [5.41, 5.74) is 5.35. The molecule has 1 atom stereocenters. The Bertz CT molecular complexity index is 1030. The Morgan fingerprint density at radius 1 is 1.00 bits per heavy atom. The van der Waals surface area contributed by atoms with Crippen LogP contribution in [0.2, 0.25) is 0 Å². The van der Waals surface area contributed by atoms with E-state index in [-0.39, 0.29) is 23.5 Å². The fourth-order valence-electron chi connectivity index (χ4n) is 3.92. The summed E-state index contributed by atoms with van der Waals surface area (Å²) in [5, 5.41) is 3.00. The Labute approximate surface area is 184 Å². The van der Waals surface area contributed by atoms with Crippen LogP contribution in [0.25, 0.3) is 0 Å². The molecule has 0 bridgehead atoms. The number of carbonyl (C=O) groups excluding carboxylic acids is 3. The number of hydrogen-bond acceptors (Lipinski definition) is 3. The normalized spacial score (nSPS) is 14.8. The highest BCUT2D eigenvalue weighted by atomic mass is 16.1. The van der Waals surface area contributed by atoms with Crippen molar-refractivity contribution in [3.05, 3.63) is 94.1 Å². The third-order valence-electron chi connectivity index (χ3n) is 5.63. The summed E-state index contributed by atoms with van der Waals surface area (Å²) in [7, 11) is 0. The SMILES string of the molecule is CC1=CC(C)=C(CCC(=O)c2ccc(C(C)NC(=O)Cc3ccccc3)cc2)C(=O)C1. The van der Waals surface area contributed by atoms with Crippen molar-refractivity contribution in [2.75, 3.05) is 0 Å². The van der Waals surface area contributed by atoms with Gasteiger partial charge in [0.15, 0.2) is 11.6 Å². The van der Waals surface area contributed by atoms with Gasteiger partial charge in [0.2, 0.25) is 5.91 Å². The van der Waals surface area contributed by atoms with Crippen LogP contribution in [0.5, 0.6) is 0 Å². The molecule has 0 aliphatic heterocycles. The maximum Gasteiger partial charge on any atom is 0.224 e. The average molecular weight is 416 g/mol. The summed E-state index contributed by atoms with van der Waals surface area (Å²) in [4.78, 5) is 37.1. The molecule has 0 aromatic heterocycles. The standard InChI is InChI=1S/C27H29NO3/c1-18-15-19(2)24(26(30)16-18)13-14-25(29)23-11-9-22(10-12-23)20(3)28-27(31)17-21-7-5-4-6-8-21/h4-12,15,20H,13-14,16-17H2,1-3H3,(H,28,31). The minimum atomic E-state index is -0.150. The Morgan fingerprint density at radius 2 is 1.68 bits per heavy atom. The van der Waals surface area contributed by atoms with Crippen molar-refractivity contribution < 1.29 is 14.4 Å². The van der Waals surface area contributed by atoms with Gasteiger partial charge in [-0.05, 0) is 49.5 Å². The largest absolute Gasteiger partial charge is 0.349 e. The first-order valence-electron chi connectivity index (χ1n) is 10.7. The first-order chi connectivity index (χ1) is 14.8. The molecule has 0 radical (unpaired) electrons. The number of allylic oxidation sites excluding steroid dienone is 4. The van der Waals surface area contributed by atoms with Crippen molar-refractivity contribution in [3.8, 4) is 0 Å². The van der Waals surface area contributed by atoms with Gasteiger partial charge in [-0.1, -0.05) is 66.2 Å². The van der Waals surface area contributed by atoms with Crippen molar-refractivity contribution in [2.45, 2.75) is 52.5 Å². The van der Waals surface area contributed by atoms with Gasteiger partial charge in [0.05, 0.1) is 12.5 Å². The first kappa shape index (κ1) is 22.4. The molecule has 0 spiro atoms. The molecule has 2 aromatic rings. The van der Waals surface area contributed by atoms with Crippen LogP contribution in [0.3, 0.4) is 0 Å². The van der Waals surface area contributed by atoms with Crippen molar-refractivity contribution in [1.29, 1.82) is 0 Å². The zero-order chi connectivity index (χ0) is 22.4. The Balaban J connectivity index is 1.55. The fraction of sp³-hybridized carbons (Fsp3) is 0.296. The van der Waals surface area contributed by atoms with Gasteiger partial charge in [0, 0.05) is 18.4 Å². The van der Waals surface area contributed by atoms with Crippen LogP contribution in [0.4, 0.5) is 0 Å². The number of ketones is 2. The predicted octanol–water partition coefficient (Wildman–Crippen LogP) is 5.31. The second-order valence-electron chi connectivity index (χ2n) is 8.25. The van der Waals surface area contributed by atoms with Gasteiger partial charge in [-0.25, -0.2) is 0 Å². The lowest BCUT2D eigenvalue weighted by atomic mass is 9.89. The van der Waals surface area contributed by atoms with Crippen molar-refractivity contribution in [2.24, 2.45) is 0 Å². The van der Waals surface area contributed by atoms with Crippen molar-refractivity contribution in [1.82, 2.24) is 5.32 Å². The number of benzene rings is 2. The van der Waals surface area contributed by atoms with Gasteiger partial charge in [-0.3, -0.25) is 14.4 Å². The van der Waals surface area contributed by atoms with E-state index in [0.717, 1.165) is 27.8 Å². The molecule has 1 aliphatic rings. The first-order valence-corrected chi connectivity index (χ1v) is 10.7. The number of carbonyl (C=O) groups is 3. The van der Waals surface area contributed by atoms with Gasteiger partial charge in [0.25, 0.3) is 0 Å². The van der Waals surface area contributed by atoms with E-state index in [1.165, 1.54) is 0 Å². The van der Waals surface area contributed by atoms with Crippen LogP contribution in [0.15, 0.2) is 77.4 Å². The second-order valence-corrected chi connectivity index (χ2v) is 8.25. The highest BCUT2D eigenvalue weighted by molar-refractivity contribution is 6.01. The Hall–Kier alpha value is -3.27. The minimum absolute atomic E-state index is 0.0201. The molecular formula is C27H29NO3. The lowest BCUT2D eigenvalue weighted by Gasteiger charge is -2.16. The molecule has 4 nitrogen and oxygen atoms in total. The van der Waals surface area contributed by atoms with E-state index in [2.05, 4.69) is 5.32 Å². The number of hydrogen-bond donors (Lipinski definition) is 1. The van der Waals surface area contributed by atoms with E-state index in [0.29, 0.717) is 31.2 Å². The van der Waals surface area contributed by atoms with Gasteiger partial charge in [0.1, 0.15) is 0 Å². The highest BCUT2D eigenvalue weighted by Crippen LogP contribution is 2.25. The van der Waals surface area contributed by atoms with E-state index >= 15 is 0 Å². The fourth-order valence-corrected chi connectivity index (χ4v) is 3.92. The molecule has 0 saturated carbocycles. The molecule has 0 saturated heterocycles. The van der Waals surface area contributed by atoms with Crippen LogP contribution in [0.1, 0.15) is 67.6 Å². The molecule has 160 valence electrons. The number of Topliss-reactive ketones (excluding diaryl/α,β-unsaturated/α-hetero) is 2. The predicted molar refractivity (Wildman–Crippen MR) is 123 cm³/mol. The van der Waals surface area contributed by atoms with Crippen LogP contribution in [0, 0.1) is 0 Å². The number of nitrogens with one attached hydrogen (secondary N) is 1. The number of rotatable bonds is 8. The molecule has 1 aliphatic carbocycles. The molecule has 1 amide bonds. The lowest BCUT2D eigenvalue weighted by Crippen LogP contribution is -2.28. The summed E-state index contributed by atoms with van der Waals surface area (Å²) < 4.78 is 0. The van der Waals surface area contributed by atoms with Crippen LogP contribution in [-0.2, 0) is 16.0 Å². The molecular weight excluding hydrogens is 386 g/mol. The maximum atomic E-state index is 12.6. The summed E-state index contributed by atoms with van der Waals surface area (Å²) in [5.74, 6) is 0.108. The van der Waals surface area contributed by atoms with Crippen LogP contribution in [-0.4, -0.2) is 17.5 Å². The van der Waals surface area contributed by atoms with E-state index in [4.69, 9.17) is 0 Å². The topological polar surface area (TPSA) is 63.2 Å². The highest BCUT2D eigenvalue weighted by Gasteiger charge is 2.19. The molecule has 2 aromatic carbocycles. The Morgan fingerprint density at radius 3 is 2.32 bits per heavy atom. The van der Waals surface area contributed by atoms with Crippen LogP contribution >= 0.6 is 0 Å². The second kappa shape index (κ2) is 10.2. The van der Waals surface area contributed by atoms with Gasteiger partial charge in [-0.15, -0.1) is 0 Å². The summed E-state index contributed by atoms with van der Waals surface area (Å²) in [6, 6.07) is 16.8. The summed E-state index contributed by atoms with van der Waals surface area (Å²) in [6.45, 7) is 5.82. The molecule has 31 heavy (non-hydrogen) atoms. The maximum absolute atomic E-state index is 12.6. The molecule has 0 heterocycles. The smallest absolute Gasteiger partial charge is 0.224 e. The third kappa shape index (κ3) is 6.11. The molecule has 4 heteroatoms. The minimum Gasteiger partial charge on any atom is -0.349 e. The summed E-state index contributed by atoms with van der Waals surface area (Å²) in [6.07, 6.45) is 3.60. The average Bonchev–Trinajstić information content (AvgIpc) is 2.73. The molecule has 3 rings (SSSR count). The van der Waals surface area contributed by atoms with Crippen molar-refractivity contribution in [3.63, 3.8) is 0 Å². The third-order valence-corrected chi connectivity index (χ3v) is 5.63. The van der Waals surface area contributed by atoms with Gasteiger partial charge >= 0.3 is 0 Å². The van der Waals surface area contributed by atoms with E-state index < -0.39 is 0 Å². The zero-order valence-corrected chi connectivity index (χ0v) is 18.4. The lowest BCUT2D eigenvalue weighted by molar-refractivity contribution is -0.121. The molecule has 0 fully saturated rings. The van der Waals surface area contributed by atoms with Gasteiger partial charge in [-0.2, -0.15) is 0 Å². The van der Waals surface area contributed by atoms with Gasteiger partial charge < -0.3 is 5.32 Å². The quantitative estimate of drug-likeness (QED) is 0.595. The number of amides is 1. The zero-order valence-electron chi connectivity index (χ0n) is 18.4. The monoisotopic (exact) mass is 415 g/mol. The van der Waals surface area contributed by atoms with Crippen LogP contribution < -0.4 is 5.32 Å². The molecule has 1 unspecified atom stereocenters. The Kier molecular flexibility index (Phi) is 7.35.